The number of ketones is 1. The smallest absolute Gasteiger partial charge is 0.232 e. The first-order valence-corrected chi connectivity index (χ1v) is 9.35. The Morgan fingerprint density at radius 3 is 2.78 bits per heavy atom. The molecule has 1 aliphatic carbocycles. The molecule has 1 amide bonds. The van der Waals surface area contributed by atoms with Crippen molar-refractivity contribution >= 4 is 29.0 Å². The second-order valence-electron chi connectivity index (χ2n) is 6.91. The van der Waals surface area contributed by atoms with Crippen LogP contribution in [0.4, 0.5) is 5.69 Å². The zero-order valence-electron chi connectivity index (χ0n) is 15.3. The Hall–Kier alpha value is -2.53. The normalized spacial score (nSPS) is 20.1. The summed E-state index contributed by atoms with van der Waals surface area (Å²) in [4.78, 5) is 27.6. The molecule has 0 bridgehead atoms. The number of rotatable bonds is 3. The molecule has 2 heterocycles. The third-order valence-electron chi connectivity index (χ3n) is 5.26. The summed E-state index contributed by atoms with van der Waals surface area (Å²) in [6.45, 7) is 1.88. The molecule has 1 unspecified atom stereocenters. The number of hydrogen-bond donors (Lipinski definition) is 0. The molecule has 0 N–H and O–H groups in total. The molecule has 0 radical (unpaired) electrons. The highest BCUT2D eigenvalue weighted by Crippen LogP contribution is 2.46. The van der Waals surface area contributed by atoms with Crippen LogP contribution in [-0.4, -0.2) is 18.8 Å². The number of allylic oxidation sites excluding steroid dienone is 2. The topological polar surface area (TPSA) is 59.8 Å². The van der Waals surface area contributed by atoms with Crippen LogP contribution in [0.3, 0.4) is 0 Å². The average molecular weight is 386 g/mol. The van der Waals surface area contributed by atoms with Gasteiger partial charge in [0, 0.05) is 35.2 Å². The van der Waals surface area contributed by atoms with Crippen LogP contribution in [0.5, 0.6) is 5.75 Å². The molecule has 1 atom stereocenters. The Labute approximate surface area is 162 Å². The van der Waals surface area contributed by atoms with Gasteiger partial charge >= 0.3 is 0 Å². The van der Waals surface area contributed by atoms with Crippen LogP contribution in [0, 0.1) is 6.92 Å². The number of carbonyl (C=O) groups is 2. The Bertz CT molecular complexity index is 945. The van der Waals surface area contributed by atoms with Crippen molar-refractivity contribution < 1.29 is 18.7 Å². The van der Waals surface area contributed by atoms with Gasteiger partial charge in [0.05, 0.1) is 25.0 Å². The lowest BCUT2D eigenvalue weighted by molar-refractivity contribution is -0.120. The molecule has 27 heavy (non-hydrogen) atoms. The summed E-state index contributed by atoms with van der Waals surface area (Å²) in [6, 6.07) is 7.16. The van der Waals surface area contributed by atoms with Crippen LogP contribution in [0.25, 0.3) is 0 Å². The molecular formula is C21H20ClNO4. The number of aryl methyl sites for hydroxylation is 1. The van der Waals surface area contributed by atoms with E-state index in [1.54, 1.807) is 30.4 Å². The van der Waals surface area contributed by atoms with E-state index in [9.17, 15) is 9.59 Å². The van der Waals surface area contributed by atoms with Crippen molar-refractivity contribution in [2.75, 3.05) is 12.0 Å². The third kappa shape index (κ3) is 2.96. The van der Waals surface area contributed by atoms with E-state index in [0.29, 0.717) is 40.6 Å². The average Bonchev–Trinajstić information content (AvgIpc) is 3.18. The minimum atomic E-state index is -0.328. The summed E-state index contributed by atoms with van der Waals surface area (Å²) >= 11 is 6.23. The number of Topliss-reactive ketones (excluding diaryl/α,β-unsaturated/α-hetero) is 1. The van der Waals surface area contributed by atoms with Crippen LogP contribution >= 0.6 is 11.6 Å². The summed E-state index contributed by atoms with van der Waals surface area (Å²) in [5.41, 5.74) is 2.91. The monoisotopic (exact) mass is 385 g/mol. The van der Waals surface area contributed by atoms with E-state index in [2.05, 4.69) is 0 Å². The first-order valence-electron chi connectivity index (χ1n) is 8.98. The molecule has 0 saturated heterocycles. The van der Waals surface area contributed by atoms with Crippen molar-refractivity contribution in [3.05, 3.63) is 58.1 Å². The van der Waals surface area contributed by atoms with Gasteiger partial charge in [-0.1, -0.05) is 11.6 Å². The molecule has 2 aliphatic rings. The number of amides is 1. The molecule has 6 heteroatoms. The predicted octanol–water partition coefficient (Wildman–Crippen LogP) is 4.78. The van der Waals surface area contributed by atoms with Crippen molar-refractivity contribution in [2.45, 2.75) is 38.5 Å². The molecule has 140 valence electrons. The van der Waals surface area contributed by atoms with E-state index in [1.807, 2.05) is 19.1 Å². The molecule has 4 rings (SSSR count). The van der Waals surface area contributed by atoms with E-state index >= 15 is 0 Å². The first kappa shape index (κ1) is 17.9. The first-order chi connectivity index (χ1) is 13.0. The molecule has 0 spiro atoms. The predicted molar refractivity (Wildman–Crippen MR) is 102 cm³/mol. The van der Waals surface area contributed by atoms with Gasteiger partial charge in [-0.15, -0.1) is 0 Å². The maximum Gasteiger partial charge on any atom is 0.232 e. The van der Waals surface area contributed by atoms with E-state index in [0.717, 1.165) is 17.7 Å². The summed E-state index contributed by atoms with van der Waals surface area (Å²) < 4.78 is 11.0. The summed E-state index contributed by atoms with van der Waals surface area (Å²) in [5.74, 6) is 0.848. The molecule has 2 aromatic rings. The van der Waals surface area contributed by atoms with Gasteiger partial charge in [0.15, 0.2) is 5.78 Å². The fourth-order valence-corrected chi connectivity index (χ4v) is 4.14. The lowest BCUT2D eigenvalue weighted by Gasteiger charge is -2.38. The largest absolute Gasteiger partial charge is 0.495 e. The highest BCUT2D eigenvalue weighted by atomic mass is 35.5. The lowest BCUT2D eigenvalue weighted by Crippen LogP contribution is -2.40. The third-order valence-corrected chi connectivity index (χ3v) is 5.67. The minimum absolute atomic E-state index is 0.0788. The SMILES string of the molecule is COc1cc(Cl)c(C)cc1N1C(=O)CC(c2ccco2)C2=C1CCCC2=O. The number of carbonyl (C=O) groups excluding carboxylic acids is 2. The van der Waals surface area contributed by atoms with Crippen molar-refractivity contribution in [1.82, 2.24) is 0 Å². The van der Waals surface area contributed by atoms with Gasteiger partial charge in [0.2, 0.25) is 5.91 Å². The summed E-state index contributed by atoms with van der Waals surface area (Å²) in [6.07, 6.45) is 3.64. The van der Waals surface area contributed by atoms with Gasteiger partial charge in [-0.25, -0.2) is 0 Å². The van der Waals surface area contributed by atoms with Gasteiger partial charge in [-0.05, 0) is 43.5 Å². The number of ether oxygens (including phenoxy) is 1. The van der Waals surface area contributed by atoms with Crippen molar-refractivity contribution in [3.63, 3.8) is 0 Å². The quantitative estimate of drug-likeness (QED) is 0.763. The fourth-order valence-electron chi connectivity index (χ4n) is 3.99. The number of nitrogens with zero attached hydrogens (tertiary/aromatic N) is 1. The maximum atomic E-state index is 13.2. The van der Waals surface area contributed by atoms with E-state index in [-0.39, 0.29) is 24.0 Å². The molecule has 1 aliphatic heterocycles. The number of furan rings is 1. The number of hydrogen-bond acceptors (Lipinski definition) is 4. The van der Waals surface area contributed by atoms with Crippen molar-refractivity contribution in [3.8, 4) is 5.75 Å². The molecule has 1 aromatic carbocycles. The summed E-state index contributed by atoms with van der Waals surface area (Å²) in [5, 5.41) is 0.572. The summed E-state index contributed by atoms with van der Waals surface area (Å²) in [7, 11) is 1.55. The number of methoxy groups -OCH3 is 1. The molecule has 0 saturated carbocycles. The Morgan fingerprint density at radius 2 is 2.07 bits per heavy atom. The lowest BCUT2D eigenvalue weighted by atomic mass is 9.79. The van der Waals surface area contributed by atoms with Crippen LogP contribution < -0.4 is 9.64 Å². The van der Waals surface area contributed by atoms with Crippen LogP contribution in [0.1, 0.15) is 42.9 Å². The Balaban J connectivity index is 1.91. The standard InChI is InChI=1S/C21H20ClNO4/c1-12-9-16(19(26-2)11-14(12)22)23-15-5-3-6-17(24)21(15)13(10-20(23)25)18-7-4-8-27-18/h4,7-9,11,13H,3,5-6,10H2,1-2H3. The van der Waals surface area contributed by atoms with E-state index < -0.39 is 0 Å². The van der Waals surface area contributed by atoms with Gasteiger partial charge in [-0.3, -0.25) is 14.5 Å². The highest BCUT2D eigenvalue weighted by molar-refractivity contribution is 6.31. The fraction of sp³-hybridized carbons (Fsp3) is 0.333. The maximum absolute atomic E-state index is 13.2. The van der Waals surface area contributed by atoms with Gasteiger partial charge < -0.3 is 9.15 Å². The van der Waals surface area contributed by atoms with Crippen LogP contribution in [-0.2, 0) is 9.59 Å². The number of anilines is 1. The molecule has 5 nitrogen and oxygen atoms in total. The molecule has 0 fully saturated rings. The molecule has 1 aromatic heterocycles. The Kier molecular flexibility index (Phi) is 4.56. The van der Waals surface area contributed by atoms with Crippen molar-refractivity contribution in [1.29, 1.82) is 0 Å². The molecular weight excluding hydrogens is 366 g/mol. The van der Waals surface area contributed by atoms with Crippen LogP contribution in [0.15, 0.2) is 46.2 Å². The van der Waals surface area contributed by atoms with Crippen molar-refractivity contribution in [2.24, 2.45) is 0 Å². The highest BCUT2D eigenvalue weighted by Gasteiger charge is 2.41. The second-order valence-corrected chi connectivity index (χ2v) is 7.32. The minimum Gasteiger partial charge on any atom is -0.495 e. The number of benzene rings is 1. The van der Waals surface area contributed by atoms with E-state index in [4.69, 9.17) is 20.8 Å². The second kappa shape index (κ2) is 6.89. The van der Waals surface area contributed by atoms with Crippen LogP contribution in [0.2, 0.25) is 5.02 Å². The van der Waals surface area contributed by atoms with Gasteiger partial charge in [0.25, 0.3) is 0 Å². The van der Waals surface area contributed by atoms with Gasteiger partial charge in [0.1, 0.15) is 11.5 Å². The Morgan fingerprint density at radius 1 is 1.26 bits per heavy atom. The zero-order chi connectivity index (χ0) is 19.1. The number of halogens is 1. The van der Waals surface area contributed by atoms with Gasteiger partial charge in [-0.2, -0.15) is 0 Å². The zero-order valence-corrected chi connectivity index (χ0v) is 16.0. The van der Waals surface area contributed by atoms with E-state index in [1.165, 1.54) is 0 Å².